The summed E-state index contributed by atoms with van der Waals surface area (Å²) in [4.78, 5) is 13.5. The zero-order chi connectivity index (χ0) is 11.7. The summed E-state index contributed by atoms with van der Waals surface area (Å²) in [5, 5.41) is 8.55. The Morgan fingerprint density at radius 2 is 2.47 bits per heavy atom. The van der Waals surface area contributed by atoms with E-state index in [9.17, 15) is 4.79 Å². The van der Waals surface area contributed by atoms with Crippen LogP contribution in [0.4, 0.5) is 0 Å². The molecular formula is C12H16N2OS2. The minimum Gasteiger partial charge on any atom is -0.348 e. The molecule has 3 nitrogen and oxygen atoms in total. The van der Waals surface area contributed by atoms with E-state index in [0.29, 0.717) is 0 Å². The summed E-state index contributed by atoms with van der Waals surface area (Å²) in [6, 6.07) is 2.41. The number of carbonyl (C=O) groups excluding carboxylic acids is 1. The van der Waals surface area contributed by atoms with E-state index >= 15 is 0 Å². The quantitative estimate of drug-likeness (QED) is 0.861. The first-order chi connectivity index (χ1) is 8.34. The van der Waals surface area contributed by atoms with Crippen molar-refractivity contribution < 1.29 is 4.79 Å². The van der Waals surface area contributed by atoms with Crippen LogP contribution in [0.2, 0.25) is 0 Å². The number of fused-ring (bicyclic) bond motifs is 1. The first kappa shape index (κ1) is 11.6. The van der Waals surface area contributed by atoms with Crippen molar-refractivity contribution in [2.75, 3.05) is 11.6 Å². The number of aryl methyl sites for hydroxylation is 1. The summed E-state index contributed by atoms with van der Waals surface area (Å²) in [7, 11) is 0. The van der Waals surface area contributed by atoms with Gasteiger partial charge in [-0.05, 0) is 36.3 Å². The van der Waals surface area contributed by atoms with Gasteiger partial charge in [-0.1, -0.05) is 0 Å². The lowest BCUT2D eigenvalue weighted by Crippen LogP contribution is -2.44. The van der Waals surface area contributed by atoms with Gasteiger partial charge in [-0.25, -0.2) is 0 Å². The van der Waals surface area contributed by atoms with Gasteiger partial charge in [-0.15, -0.1) is 23.1 Å². The van der Waals surface area contributed by atoms with Crippen LogP contribution in [-0.2, 0) is 11.2 Å². The van der Waals surface area contributed by atoms with Crippen LogP contribution in [-0.4, -0.2) is 23.6 Å². The average Bonchev–Trinajstić information content (AvgIpc) is 3.00. The number of hydrogen-bond acceptors (Lipinski definition) is 4. The van der Waals surface area contributed by atoms with Gasteiger partial charge in [0.2, 0.25) is 5.91 Å². The molecule has 2 aliphatic rings. The molecular weight excluding hydrogens is 252 g/mol. The standard InChI is InChI=1S/C12H16N2OS2/c15-12(10-6-16-7-13-10)14-9-2-1-3-11-8(9)4-5-17-11/h4-5,9-10,13H,1-3,6-7H2,(H,14,15). The van der Waals surface area contributed by atoms with E-state index in [1.807, 2.05) is 11.3 Å². The predicted molar refractivity (Wildman–Crippen MR) is 72.4 cm³/mol. The van der Waals surface area contributed by atoms with Gasteiger partial charge in [-0.2, -0.15) is 0 Å². The minimum absolute atomic E-state index is 0.00372. The second-order valence-corrected chi connectivity index (χ2v) is 6.56. The van der Waals surface area contributed by atoms with Gasteiger partial charge < -0.3 is 5.32 Å². The Hall–Kier alpha value is -0.520. The van der Waals surface area contributed by atoms with Crippen molar-refractivity contribution in [2.24, 2.45) is 0 Å². The monoisotopic (exact) mass is 268 g/mol. The van der Waals surface area contributed by atoms with Gasteiger partial charge in [0.1, 0.15) is 0 Å². The van der Waals surface area contributed by atoms with Crippen LogP contribution in [0.25, 0.3) is 0 Å². The van der Waals surface area contributed by atoms with Gasteiger partial charge in [-0.3, -0.25) is 10.1 Å². The van der Waals surface area contributed by atoms with Crippen LogP contribution in [0.15, 0.2) is 11.4 Å². The van der Waals surface area contributed by atoms with Crippen molar-refractivity contribution in [3.8, 4) is 0 Å². The Balaban J connectivity index is 1.68. The van der Waals surface area contributed by atoms with Crippen LogP contribution >= 0.6 is 23.1 Å². The molecule has 5 heteroatoms. The third-order valence-electron chi connectivity index (χ3n) is 3.40. The molecule has 1 aromatic heterocycles. The maximum absolute atomic E-state index is 12.1. The summed E-state index contributed by atoms with van der Waals surface area (Å²) in [6.45, 7) is 0. The Kier molecular flexibility index (Phi) is 3.40. The van der Waals surface area contributed by atoms with Gasteiger partial charge >= 0.3 is 0 Å². The van der Waals surface area contributed by atoms with E-state index < -0.39 is 0 Å². The summed E-state index contributed by atoms with van der Waals surface area (Å²) >= 11 is 3.61. The highest BCUT2D eigenvalue weighted by atomic mass is 32.2. The molecule has 92 valence electrons. The largest absolute Gasteiger partial charge is 0.348 e. The van der Waals surface area contributed by atoms with Crippen LogP contribution in [0.3, 0.4) is 0 Å². The van der Waals surface area contributed by atoms with Gasteiger partial charge in [0.15, 0.2) is 0 Å². The van der Waals surface area contributed by atoms with E-state index in [4.69, 9.17) is 0 Å². The van der Waals surface area contributed by atoms with E-state index in [0.717, 1.165) is 18.1 Å². The fourth-order valence-corrected chi connectivity index (χ4v) is 4.40. The van der Waals surface area contributed by atoms with E-state index in [1.165, 1.54) is 23.3 Å². The number of thioether (sulfide) groups is 1. The number of carbonyl (C=O) groups is 1. The fourth-order valence-electron chi connectivity index (χ4n) is 2.47. The molecule has 1 amide bonds. The van der Waals surface area contributed by atoms with E-state index in [1.54, 1.807) is 11.8 Å². The molecule has 17 heavy (non-hydrogen) atoms. The molecule has 0 spiro atoms. The van der Waals surface area contributed by atoms with Gasteiger partial charge in [0, 0.05) is 16.5 Å². The lowest BCUT2D eigenvalue weighted by molar-refractivity contribution is -0.123. The summed E-state index contributed by atoms with van der Waals surface area (Å²) < 4.78 is 0. The normalized spacial score (nSPS) is 27.8. The molecule has 1 saturated heterocycles. The first-order valence-electron chi connectivity index (χ1n) is 6.02. The Morgan fingerprint density at radius 3 is 3.29 bits per heavy atom. The number of amides is 1. The minimum atomic E-state index is 0.00372. The van der Waals surface area contributed by atoms with Gasteiger partial charge in [0.25, 0.3) is 0 Å². The first-order valence-corrected chi connectivity index (χ1v) is 8.06. The van der Waals surface area contributed by atoms with Crippen LogP contribution in [0.1, 0.15) is 29.3 Å². The lowest BCUT2D eigenvalue weighted by atomic mass is 9.94. The smallest absolute Gasteiger partial charge is 0.238 e. The SMILES string of the molecule is O=C(NC1CCCc2sccc21)C1CSCN1. The van der Waals surface area contributed by atoms with Crippen LogP contribution in [0.5, 0.6) is 0 Å². The number of thiophene rings is 1. The summed E-state index contributed by atoms with van der Waals surface area (Å²) in [5.74, 6) is 1.96. The van der Waals surface area contributed by atoms with E-state index in [2.05, 4.69) is 22.1 Å². The predicted octanol–water partition coefficient (Wildman–Crippen LogP) is 1.90. The number of nitrogens with one attached hydrogen (secondary N) is 2. The van der Waals surface area contributed by atoms with Crippen LogP contribution in [0, 0.1) is 0 Å². The number of rotatable bonds is 2. The Morgan fingerprint density at radius 1 is 1.53 bits per heavy atom. The van der Waals surface area contributed by atoms with Crippen molar-refractivity contribution >= 4 is 29.0 Å². The molecule has 0 saturated carbocycles. The molecule has 1 aliphatic carbocycles. The highest BCUT2D eigenvalue weighted by Crippen LogP contribution is 2.33. The maximum atomic E-state index is 12.1. The van der Waals surface area contributed by atoms with Crippen molar-refractivity contribution in [3.63, 3.8) is 0 Å². The summed E-state index contributed by atoms with van der Waals surface area (Å²) in [6.07, 6.45) is 3.44. The maximum Gasteiger partial charge on any atom is 0.238 e. The van der Waals surface area contributed by atoms with Gasteiger partial charge in [0.05, 0.1) is 12.1 Å². The second-order valence-electron chi connectivity index (χ2n) is 4.52. The molecule has 2 unspecified atom stereocenters. The number of hydrogen-bond donors (Lipinski definition) is 2. The molecule has 2 heterocycles. The molecule has 0 radical (unpaired) electrons. The summed E-state index contributed by atoms with van der Waals surface area (Å²) in [5.41, 5.74) is 1.35. The average molecular weight is 268 g/mol. The molecule has 1 fully saturated rings. The molecule has 2 atom stereocenters. The van der Waals surface area contributed by atoms with Crippen molar-refractivity contribution in [2.45, 2.75) is 31.3 Å². The van der Waals surface area contributed by atoms with E-state index in [-0.39, 0.29) is 18.0 Å². The zero-order valence-corrected chi connectivity index (χ0v) is 11.2. The van der Waals surface area contributed by atoms with Crippen LogP contribution < -0.4 is 10.6 Å². The highest BCUT2D eigenvalue weighted by Gasteiger charge is 2.27. The lowest BCUT2D eigenvalue weighted by Gasteiger charge is -2.25. The zero-order valence-electron chi connectivity index (χ0n) is 9.57. The molecule has 3 rings (SSSR count). The van der Waals surface area contributed by atoms with Crippen molar-refractivity contribution in [1.82, 2.24) is 10.6 Å². The Labute approximate surface area is 109 Å². The van der Waals surface area contributed by atoms with Crippen molar-refractivity contribution in [3.05, 3.63) is 21.9 Å². The molecule has 1 aromatic rings. The molecule has 0 aromatic carbocycles. The molecule has 1 aliphatic heterocycles. The fraction of sp³-hybridized carbons (Fsp3) is 0.583. The molecule has 0 bridgehead atoms. The Bertz CT molecular complexity index is 412. The molecule has 2 N–H and O–H groups in total. The highest BCUT2D eigenvalue weighted by molar-refractivity contribution is 7.99. The second kappa shape index (κ2) is 5.00. The topological polar surface area (TPSA) is 41.1 Å². The van der Waals surface area contributed by atoms with Crippen molar-refractivity contribution in [1.29, 1.82) is 0 Å². The third kappa shape index (κ3) is 2.37. The third-order valence-corrected chi connectivity index (χ3v) is 5.34.